The number of hydrogen-bond donors (Lipinski definition) is 0. The van der Waals surface area contributed by atoms with Gasteiger partial charge in [-0.1, -0.05) is 6.07 Å². The molecular formula is C11H15FO2. The molecule has 0 aliphatic heterocycles. The van der Waals surface area contributed by atoms with Crippen LogP contribution in [-0.4, -0.2) is 20.3 Å². The van der Waals surface area contributed by atoms with Crippen molar-refractivity contribution in [1.82, 2.24) is 0 Å². The first-order chi connectivity index (χ1) is 6.74. The molecule has 2 nitrogen and oxygen atoms in total. The SMILES string of the molecule is COCCOCc1ccc(F)cc1C. The number of benzene rings is 1. The second-order valence-corrected chi connectivity index (χ2v) is 3.12. The normalized spacial score (nSPS) is 10.5. The van der Waals surface area contributed by atoms with Gasteiger partial charge in [0.1, 0.15) is 5.82 Å². The van der Waals surface area contributed by atoms with Crippen LogP contribution in [-0.2, 0) is 16.1 Å². The van der Waals surface area contributed by atoms with Gasteiger partial charge < -0.3 is 9.47 Å². The van der Waals surface area contributed by atoms with Crippen LogP contribution in [0.2, 0.25) is 0 Å². The number of rotatable bonds is 5. The van der Waals surface area contributed by atoms with Crippen LogP contribution >= 0.6 is 0 Å². The topological polar surface area (TPSA) is 18.5 Å². The molecule has 1 aromatic carbocycles. The summed E-state index contributed by atoms with van der Waals surface area (Å²) >= 11 is 0. The molecule has 1 aromatic rings. The fraction of sp³-hybridized carbons (Fsp3) is 0.455. The van der Waals surface area contributed by atoms with Gasteiger partial charge in [-0.25, -0.2) is 4.39 Å². The van der Waals surface area contributed by atoms with Crippen LogP contribution in [0, 0.1) is 12.7 Å². The highest BCUT2D eigenvalue weighted by Gasteiger charge is 1.99. The average molecular weight is 198 g/mol. The highest BCUT2D eigenvalue weighted by atomic mass is 19.1. The number of aryl methyl sites for hydroxylation is 1. The van der Waals surface area contributed by atoms with Gasteiger partial charge in [-0.2, -0.15) is 0 Å². The standard InChI is InChI=1S/C11H15FO2/c1-9-7-11(12)4-3-10(9)8-14-6-5-13-2/h3-4,7H,5-6,8H2,1-2H3. The molecule has 14 heavy (non-hydrogen) atoms. The van der Waals surface area contributed by atoms with Crippen LogP contribution in [0.5, 0.6) is 0 Å². The summed E-state index contributed by atoms with van der Waals surface area (Å²) in [7, 11) is 1.63. The molecule has 0 bridgehead atoms. The molecule has 1 rings (SSSR count). The smallest absolute Gasteiger partial charge is 0.123 e. The molecule has 78 valence electrons. The van der Waals surface area contributed by atoms with Gasteiger partial charge in [0.15, 0.2) is 0 Å². The number of hydrogen-bond acceptors (Lipinski definition) is 2. The minimum atomic E-state index is -0.205. The van der Waals surface area contributed by atoms with Gasteiger partial charge in [0.25, 0.3) is 0 Å². The molecule has 3 heteroatoms. The third kappa shape index (κ3) is 3.44. The highest BCUT2D eigenvalue weighted by molar-refractivity contribution is 5.25. The van der Waals surface area contributed by atoms with Gasteiger partial charge in [-0.15, -0.1) is 0 Å². The lowest BCUT2D eigenvalue weighted by molar-refractivity contribution is 0.0614. The quantitative estimate of drug-likeness (QED) is 0.676. The molecule has 0 N–H and O–H groups in total. The van der Waals surface area contributed by atoms with Gasteiger partial charge >= 0.3 is 0 Å². The molecule has 0 saturated carbocycles. The van der Waals surface area contributed by atoms with Crippen LogP contribution in [0.15, 0.2) is 18.2 Å². The zero-order chi connectivity index (χ0) is 10.4. The summed E-state index contributed by atoms with van der Waals surface area (Å²) in [6, 6.07) is 4.70. The monoisotopic (exact) mass is 198 g/mol. The van der Waals surface area contributed by atoms with E-state index in [-0.39, 0.29) is 5.82 Å². The molecule has 0 heterocycles. The van der Waals surface area contributed by atoms with Gasteiger partial charge in [0.2, 0.25) is 0 Å². The maximum absolute atomic E-state index is 12.7. The first-order valence-corrected chi connectivity index (χ1v) is 4.55. The summed E-state index contributed by atoms with van der Waals surface area (Å²) in [4.78, 5) is 0. The summed E-state index contributed by atoms with van der Waals surface area (Å²) in [5.74, 6) is -0.205. The Hall–Kier alpha value is -0.930. The fourth-order valence-electron chi connectivity index (χ4n) is 1.15. The van der Waals surface area contributed by atoms with E-state index in [1.165, 1.54) is 12.1 Å². The minimum Gasteiger partial charge on any atom is -0.382 e. The number of ether oxygens (including phenoxy) is 2. The van der Waals surface area contributed by atoms with Crippen LogP contribution in [0.25, 0.3) is 0 Å². The van der Waals surface area contributed by atoms with E-state index in [9.17, 15) is 4.39 Å². The molecule has 0 aliphatic carbocycles. The molecule has 0 unspecified atom stereocenters. The molecule has 0 aromatic heterocycles. The lowest BCUT2D eigenvalue weighted by Gasteiger charge is -2.06. The second kappa shape index (κ2) is 5.73. The Bertz CT molecular complexity index is 287. The van der Waals surface area contributed by atoms with E-state index >= 15 is 0 Å². The molecule has 0 saturated heterocycles. The Kier molecular flexibility index (Phi) is 4.56. The van der Waals surface area contributed by atoms with E-state index in [2.05, 4.69) is 0 Å². The van der Waals surface area contributed by atoms with Gasteiger partial charge in [-0.05, 0) is 30.2 Å². The van der Waals surface area contributed by atoms with Crippen molar-refractivity contribution in [2.24, 2.45) is 0 Å². The van der Waals surface area contributed by atoms with Crippen molar-refractivity contribution in [3.8, 4) is 0 Å². The van der Waals surface area contributed by atoms with Crippen molar-refractivity contribution in [3.05, 3.63) is 35.1 Å². The van der Waals surface area contributed by atoms with Crippen molar-refractivity contribution in [1.29, 1.82) is 0 Å². The lowest BCUT2D eigenvalue weighted by Crippen LogP contribution is -2.02. The van der Waals surface area contributed by atoms with E-state index in [0.29, 0.717) is 19.8 Å². The predicted molar refractivity (Wildman–Crippen MR) is 52.7 cm³/mol. The van der Waals surface area contributed by atoms with Gasteiger partial charge in [0, 0.05) is 7.11 Å². The molecular weight excluding hydrogens is 183 g/mol. The maximum Gasteiger partial charge on any atom is 0.123 e. The fourth-order valence-corrected chi connectivity index (χ4v) is 1.15. The van der Waals surface area contributed by atoms with E-state index in [1.807, 2.05) is 6.92 Å². The zero-order valence-corrected chi connectivity index (χ0v) is 8.55. The lowest BCUT2D eigenvalue weighted by atomic mass is 10.1. The van der Waals surface area contributed by atoms with Crippen molar-refractivity contribution >= 4 is 0 Å². The second-order valence-electron chi connectivity index (χ2n) is 3.12. The summed E-state index contributed by atoms with van der Waals surface area (Å²) in [6.07, 6.45) is 0. The third-order valence-electron chi connectivity index (χ3n) is 1.99. The van der Waals surface area contributed by atoms with E-state index in [1.54, 1.807) is 13.2 Å². The van der Waals surface area contributed by atoms with E-state index < -0.39 is 0 Å². The van der Waals surface area contributed by atoms with Crippen molar-refractivity contribution in [3.63, 3.8) is 0 Å². The van der Waals surface area contributed by atoms with Crippen molar-refractivity contribution < 1.29 is 13.9 Å². The molecule has 0 aliphatic rings. The summed E-state index contributed by atoms with van der Waals surface area (Å²) in [6.45, 7) is 3.53. The van der Waals surface area contributed by atoms with E-state index in [4.69, 9.17) is 9.47 Å². The molecule has 0 atom stereocenters. The Morgan fingerprint density at radius 3 is 2.71 bits per heavy atom. The first-order valence-electron chi connectivity index (χ1n) is 4.55. The van der Waals surface area contributed by atoms with Crippen LogP contribution in [0.4, 0.5) is 4.39 Å². The van der Waals surface area contributed by atoms with Gasteiger partial charge in [-0.3, -0.25) is 0 Å². The maximum atomic E-state index is 12.7. The molecule has 0 radical (unpaired) electrons. The van der Waals surface area contributed by atoms with E-state index in [0.717, 1.165) is 11.1 Å². The Labute approximate surface area is 83.6 Å². The van der Waals surface area contributed by atoms with Crippen LogP contribution < -0.4 is 0 Å². The summed E-state index contributed by atoms with van der Waals surface area (Å²) < 4.78 is 22.9. The summed E-state index contributed by atoms with van der Waals surface area (Å²) in [5.41, 5.74) is 1.94. The largest absolute Gasteiger partial charge is 0.382 e. The zero-order valence-electron chi connectivity index (χ0n) is 8.55. The number of methoxy groups -OCH3 is 1. The highest BCUT2D eigenvalue weighted by Crippen LogP contribution is 2.10. The van der Waals surface area contributed by atoms with Crippen LogP contribution in [0.3, 0.4) is 0 Å². The van der Waals surface area contributed by atoms with Crippen molar-refractivity contribution in [2.75, 3.05) is 20.3 Å². The first kappa shape index (κ1) is 11.1. The average Bonchev–Trinajstić information content (AvgIpc) is 2.15. The Balaban J connectivity index is 2.42. The molecule has 0 fully saturated rings. The third-order valence-corrected chi connectivity index (χ3v) is 1.99. The predicted octanol–water partition coefficient (Wildman–Crippen LogP) is 2.30. The minimum absolute atomic E-state index is 0.205. The van der Waals surface area contributed by atoms with Crippen molar-refractivity contribution in [2.45, 2.75) is 13.5 Å². The molecule has 0 spiro atoms. The van der Waals surface area contributed by atoms with Gasteiger partial charge in [0.05, 0.1) is 19.8 Å². The Morgan fingerprint density at radius 2 is 2.07 bits per heavy atom. The summed E-state index contributed by atoms with van der Waals surface area (Å²) in [5, 5.41) is 0. The molecule has 0 amide bonds. The van der Waals surface area contributed by atoms with Crippen LogP contribution in [0.1, 0.15) is 11.1 Å². The number of halogens is 1. The Morgan fingerprint density at radius 1 is 1.29 bits per heavy atom.